The van der Waals surface area contributed by atoms with Crippen molar-refractivity contribution in [3.63, 3.8) is 0 Å². The Hall–Kier alpha value is -0.0400. The molecule has 1 saturated carbocycles. The van der Waals surface area contributed by atoms with Crippen LogP contribution in [0.5, 0.6) is 0 Å². The van der Waals surface area contributed by atoms with Gasteiger partial charge >= 0.3 is 0 Å². The summed E-state index contributed by atoms with van der Waals surface area (Å²) >= 11 is 6.13. The molecule has 5 atom stereocenters. The zero-order valence-electron chi connectivity index (χ0n) is 18.7. The molecule has 11 heteroatoms. The number of piperidine rings is 1. The quantitative estimate of drug-likeness (QED) is 0.355. The smallest absolute Gasteiger partial charge is 0.214 e. The minimum Gasteiger partial charge on any atom is -0.394 e. The molecule has 0 aromatic heterocycles. The maximum atomic E-state index is 12.8. The van der Waals surface area contributed by atoms with Crippen LogP contribution in [0.15, 0.2) is 0 Å². The Bertz CT molecular complexity index is 694. The lowest BCUT2D eigenvalue weighted by molar-refractivity contribution is -0.0201. The Balaban J connectivity index is 1.35. The first-order chi connectivity index (χ1) is 15.4. The number of alkyl halides is 1. The number of aliphatic hydroxyl groups excluding tert-OH is 2. The van der Waals surface area contributed by atoms with Crippen LogP contribution in [0.3, 0.4) is 0 Å². The van der Waals surface area contributed by atoms with Gasteiger partial charge in [0.2, 0.25) is 10.0 Å². The average molecular weight is 495 g/mol. The molecule has 4 aliphatic rings. The molecule has 3 aliphatic heterocycles. The predicted molar refractivity (Wildman–Crippen MR) is 123 cm³/mol. The third kappa shape index (κ3) is 5.78. The lowest BCUT2D eigenvalue weighted by Crippen LogP contribution is -2.61. The van der Waals surface area contributed by atoms with E-state index < -0.39 is 33.6 Å². The van der Waals surface area contributed by atoms with Crippen molar-refractivity contribution >= 4 is 21.6 Å². The molecule has 4 fully saturated rings. The van der Waals surface area contributed by atoms with E-state index in [1.54, 1.807) is 0 Å². The lowest BCUT2D eigenvalue weighted by Gasteiger charge is -2.44. The van der Waals surface area contributed by atoms with Gasteiger partial charge in [0.1, 0.15) is 12.2 Å². The molecule has 0 amide bonds. The number of piperazine rings is 1. The van der Waals surface area contributed by atoms with Crippen molar-refractivity contribution in [1.29, 1.82) is 0 Å². The van der Waals surface area contributed by atoms with E-state index in [2.05, 4.69) is 19.8 Å². The number of nitrogens with one attached hydrogen (secondary N) is 2. The molecular weight excluding hydrogens is 456 g/mol. The molecule has 5 unspecified atom stereocenters. The monoisotopic (exact) mass is 494 g/mol. The first-order valence-electron chi connectivity index (χ1n) is 12.2. The highest BCUT2D eigenvalue weighted by atomic mass is 35.5. The lowest BCUT2D eigenvalue weighted by atomic mass is 10.00. The van der Waals surface area contributed by atoms with E-state index in [0.717, 1.165) is 39.1 Å². The molecule has 3 saturated heterocycles. The van der Waals surface area contributed by atoms with Crippen LogP contribution in [0, 0.1) is 0 Å². The number of ether oxygens (including phenoxy) is 1. The molecule has 4 rings (SSSR count). The number of aliphatic hydroxyl groups is 2. The van der Waals surface area contributed by atoms with Crippen molar-refractivity contribution in [3.05, 3.63) is 0 Å². The van der Waals surface area contributed by atoms with E-state index in [9.17, 15) is 18.6 Å². The van der Waals surface area contributed by atoms with Crippen LogP contribution in [-0.4, -0.2) is 115 Å². The SMILES string of the molecule is O=S(=O)(NCC1OC(CO)C(O)C1N1CCN(C2CCCCN2)CC1)C1CCC(Cl)CC1. The maximum Gasteiger partial charge on any atom is 0.214 e. The van der Waals surface area contributed by atoms with E-state index >= 15 is 0 Å². The minimum absolute atomic E-state index is 0.0620. The van der Waals surface area contributed by atoms with Crippen molar-refractivity contribution in [3.8, 4) is 0 Å². The first-order valence-corrected chi connectivity index (χ1v) is 14.2. The topological polar surface area (TPSA) is 114 Å². The van der Waals surface area contributed by atoms with Gasteiger partial charge in [-0.15, -0.1) is 11.6 Å². The van der Waals surface area contributed by atoms with Gasteiger partial charge in [-0.2, -0.15) is 0 Å². The standard InChI is InChI=1S/C21H39ClN4O5S/c22-15-4-6-16(7-5-15)32(29,30)24-13-17-20(21(28)18(14-27)31-17)26-11-9-25(10-12-26)19-3-1-2-8-23-19/h15-21,23-24,27-28H,1-14H2. The summed E-state index contributed by atoms with van der Waals surface area (Å²) in [5.74, 6) is 0. The van der Waals surface area contributed by atoms with Crippen molar-refractivity contribution in [2.75, 3.05) is 45.9 Å². The number of hydrogen-bond acceptors (Lipinski definition) is 8. The molecule has 0 spiro atoms. The second kappa shape index (κ2) is 11.1. The third-order valence-electron chi connectivity index (χ3n) is 7.67. The maximum absolute atomic E-state index is 12.8. The highest BCUT2D eigenvalue weighted by molar-refractivity contribution is 7.90. The van der Waals surface area contributed by atoms with Gasteiger partial charge in [-0.3, -0.25) is 9.80 Å². The third-order valence-corrected chi connectivity index (χ3v) is 10.0. The van der Waals surface area contributed by atoms with Crippen molar-refractivity contribution < 1.29 is 23.4 Å². The number of nitrogens with zero attached hydrogens (tertiary/aromatic N) is 2. The Morgan fingerprint density at radius 1 is 1.00 bits per heavy atom. The van der Waals surface area contributed by atoms with Crippen LogP contribution in [0.4, 0.5) is 0 Å². The van der Waals surface area contributed by atoms with E-state index in [4.69, 9.17) is 16.3 Å². The first kappa shape index (κ1) is 25.1. The molecule has 3 heterocycles. The predicted octanol–water partition coefficient (Wildman–Crippen LogP) is -0.338. The summed E-state index contributed by atoms with van der Waals surface area (Å²) in [6.45, 7) is 4.23. The van der Waals surface area contributed by atoms with Crippen LogP contribution in [0.1, 0.15) is 44.9 Å². The molecular formula is C21H39ClN4O5S. The number of rotatable bonds is 7. The highest BCUT2D eigenvalue weighted by Crippen LogP contribution is 2.29. The van der Waals surface area contributed by atoms with Crippen LogP contribution in [0.25, 0.3) is 0 Å². The summed E-state index contributed by atoms with van der Waals surface area (Å²) in [5.41, 5.74) is 0. The van der Waals surface area contributed by atoms with Gasteiger partial charge in [0.15, 0.2) is 0 Å². The molecule has 0 bridgehead atoms. The van der Waals surface area contributed by atoms with Gasteiger partial charge in [0.25, 0.3) is 0 Å². The number of sulfonamides is 1. The van der Waals surface area contributed by atoms with Gasteiger partial charge in [0, 0.05) is 38.1 Å². The molecule has 0 radical (unpaired) electrons. The summed E-state index contributed by atoms with van der Waals surface area (Å²) in [4.78, 5) is 4.67. The second-order valence-corrected chi connectivity index (χ2v) is 12.3. The summed E-state index contributed by atoms with van der Waals surface area (Å²) in [6.07, 6.45) is 4.58. The zero-order valence-corrected chi connectivity index (χ0v) is 20.3. The number of hydrogen-bond donors (Lipinski definition) is 4. The Kier molecular flexibility index (Phi) is 8.72. The zero-order chi connectivity index (χ0) is 22.7. The van der Waals surface area contributed by atoms with Gasteiger partial charge in [0.05, 0.1) is 30.2 Å². The normalized spacial score (nSPS) is 40.5. The molecule has 9 nitrogen and oxygen atoms in total. The molecule has 0 aromatic rings. The van der Waals surface area contributed by atoms with Gasteiger partial charge < -0.3 is 20.3 Å². The van der Waals surface area contributed by atoms with Crippen molar-refractivity contribution in [2.45, 2.75) is 86.1 Å². The summed E-state index contributed by atoms with van der Waals surface area (Å²) in [6, 6.07) is -0.338. The highest BCUT2D eigenvalue weighted by Gasteiger charge is 2.47. The van der Waals surface area contributed by atoms with E-state index in [1.165, 1.54) is 12.8 Å². The van der Waals surface area contributed by atoms with Crippen LogP contribution in [0.2, 0.25) is 0 Å². The molecule has 186 valence electrons. The molecule has 0 aromatic carbocycles. The van der Waals surface area contributed by atoms with Crippen molar-refractivity contribution in [1.82, 2.24) is 19.8 Å². The van der Waals surface area contributed by atoms with Crippen molar-refractivity contribution in [2.24, 2.45) is 0 Å². The average Bonchev–Trinajstić information content (AvgIpc) is 3.14. The summed E-state index contributed by atoms with van der Waals surface area (Å²) in [5, 5.41) is 23.7. The Morgan fingerprint density at radius 3 is 2.31 bits per heavy atom. The van der Waals surface area contributed by atoms with E-state index in [0.29, 0.717) is 31.8 Å². The van der Waals surface area contributed by atoms with E-state index in [-0.39, 0.29) is 24.6 Å². The van der Waals surface area contributed by atoms with E-state index in [1.807, 2.05) is 0 Å². The van der Waals surface area contributed by atoms with Gasteiger partial charge in [-0.25, -0.2) is 13.1 Å². The van der Waals surface area contributed by atoms with Crippen LogP contribution in [-0.2, 0) is 14.8 Å². The number of halogens is 1. The fraction of sp³-hybridized carbons (Fsp3) is 1.00. The fourth-order valence-corrected chi connectivity index (χ4v) is 7.51. The van der Waals surface area contributed by atoms with Crippen LogP contribution < -0.4 is 10.0 Å². The van der Waals surface area contributed by atoms with Crippen LogP contribution >= 0.6 is 11.6 Å². The molecule has 1 aliphatic carbocycles. The van der Waals surface area contributed by atoms with Gasteiger partial charge in [-0.1, -0.05) is 0 Å². The Morgan fingerprint density at radius 2 is 1.69 bits per heavy atom. The Labute approximate surface area is 196 Å². The fourth-order valence-electron chi connectivity index (χ4n) is 5.74. The second-order valence-electron chi connectivity index (χ2n) is 9.68. The summed E-state index contributed by atoms with van der Waals surface area (Å²) < 4.78 is 34.3. The molecule has 32 heavy (non-hydrogen) atoms. The minimum atomic E-state index is -3.48. The molecule has 4 N–H and O–H groups in total. The largest absolute Gasteiger partial charge is 0.394 e. The van der Waals surface area contributed by atoms with Gasteiger partial charge in [-0.05, 0) is 51.5 Å². The summed E-state index contributed by atoms with van der Waals surface area (Å²) in [7, 11) is -3.48.